The molecule has 2 atom stereocenters. The Hall–Kier alpha value is -1.64. The highest BCUT2D eigenvalue weighted by Gasteiger charge is 2.42. The summed E-state index contributed by atoms with van der Waals surface area (Å²) in [7, 11) is 0. The van der Waals surface area contributed by atoms with Gasteiger partial charge in [0.1, 0.15) is 23.5 Å². The first-order chi connectivity index (χ1) is 8.25. The van der Waals surface area contributed by atoms with E-state index in [9.17, 15) is 4.79 Å². The van der Waals surface area contributed by atoms with Crippen molar-refractivity contribution in [3.63, 3.8) is 0 Å². The molecule has 0 aromatic heterocycles. The van der Waals surface area contributed by atoms with Crippen LogP contribution in [0, 0.1) is 12.8 Å². The van der Waals surface area contributed by atoms with Crippen LogP contribution in [0.15, 0.2) is 29.4 Å². The number of Topliss-reactive ketones (excluding diaryl/α,β-unsaturated/α-hetero) is 1. The van der Waals surface area contributed by atoms with E-state index >= 15 is 0 Å². The lowest BCUT2D eigenvalue weighted by atomic mass is 9.80. The first-order valence-corrected chi connectivity index (χ1v) is 6.09. The monoisotopic (exact) mass is 229 g/mol. The molecule has 1 aromatic rings. The number of hydrogen-bond acceptors (Lipinski definition) is 3. The van der Waals surface area contributed by atoms with Gasteiger partial charge in [0.05, 0.1) is 0 Å². The Bertz CT molecular complexity index is 476. The van der Waals surface area contributed by atoms with Crippen molar-refractivity contribution in [3.8, 4) is 0 Å². The van der Waals surface area contributed by atoms with Gasteiger partial charge in [0, 0.05) is 12.0 Å². The van der Waals surface area contributed by atoms with Crippen molar-refractivity contribution in [2.24, 2.45) is 11.1 Å². The number of aryl methyl sites for hydroxylation is 1. The van der Waals surface area contributed by atoms with Crippen molar-refractivity contribution >= 4 is 11.5 Å². The normalized spacial score (nSPS) is 27.4. The number of carbonyl (C=O) groups excluding carboxylic acids is 1. The zero-order valence-electron chi connectivity index (χ0n) is 9.85. The summed E-state index contributed by atoms with van der Waals surface area (Å²) in [4.78, 5) is 17.4. The number of carbonyl (C=O) groups is 1. The Morgan fingerprint density at radius 3 is 2.82 bits per heavy atom. The van der Waals surface area contributed by atoms with E-state index in [2.05, 4.69) is 5.16 Å². The molecule has 3 heteroatoms. The predicted octanol–water partition coefficient (Wildman–Crippen LogP) is 2.47. The van der Waals surface area contributed by atoms with Crippen LogP contribution in [0.3, 0.4) is 0 Å². The lowest BCUT2D eigenvalue weighted by molar-refractivity contribution is -0.126. The zero-order chi connectivity index (χ0) is 11.8. The summed E-state index contributed by atoms with van der Waals surface area (Å²) >= 11 is 0. The van der Waals surface area contributed by atoms with Crippen LogP contribution >= 0.6 is 0 Å². The smallest absolute Gasteiger partial charge is 0.145 e. The molecule has 2 unspecified atom stereocenters. The minimum absolute atomic E-state index is 0.0208. The van der Waals surface area contributed by atoms with Crippen molar-refractivity contribution in [2.45, 2.75) is 32.3 Å². The lowest BCUT2D eigenvalue weighted by Gasteiger charge is -2.22. The highest BCUT2D eigenvalue weighted by molar-refractivity contribution is 6.14. The fraction of sp³-hybridized carbons (Fsp3) is 0.429. The van der Waals surface area contributed by atoms with Crippen LogP contribution in [0.2, 0.25) is 0 Å². The summed E-state index contributed by atoms with van der Waals surface area (Å²) in [5.41, 5.74) is 3.04. The van der Waals surface area contributed by atoms with E-state index in [0.29, 0.717) is 6.42 Å². The Labute approximate surface area is 100 Å². The van der Waals surface area contributed by atoms with Crippen LogP contribution in [-0.4, -0.2) is 17.6 Å². The molecular formula is C14H15NO2. The average Bonchev–Trinajstić information content (AvgIpc) is 2.75. The largest absolute Gasteiger partial charge is 0.391 e. The Morgan fingerprint density at radius 2 is 2.06 bits per heavy atom. The lowest BCUT2D eigenvalue weighted by Crippen LogP contribution is -2.35. The van der Waals surface area contributed by atoms with Crippen molar-refractivity contribution in [3.05, 3.63) is 35.4 Å². The molecule has 2 aliphatic rings. The van der Waals surface area contributed by atoms with E-state index in [4.69, 9.17) is 4.84 Å². The third kappa shape index (κ3) is 1.75. The van der Waals surface area contributed by atoms with E-state index in [1.807, 2.05) is 31.2 Å². The molecule has 1 saturated carbocycles. The molecule has 0 saturated heterocycles. The summed E-state index contributed by atoms with van der Waals surface area (Å²) in [5.74, 6) is 0.143. The van der Waals surface area contributed by atoms with Crippen LogP contribution in [0.5, 0.6) is 0 Å². The van der Waals surface area contributed by atoms with Crippen LogP contribution in [-0.2, 0) is 9.63 Å². The minimum atomic E-state index is -0.133. The van der Waals surface area contributed by atoms with Gasteiger partial charge in [-0.15, -0.1) is 0 Å². The molecule has 88 valence electrons. The van der Waals surface area contributed by atoms with Crippen molar-refractivity contribution in [2.75, 3.05) is 0 Å². The van der Waals surface area contributed by atoms with E-state index < -0.39 is 0 Å². The molecule has 1 aliphatic heterocycles. The van der Waals surface area contributed by atoms with Gasteiger partial charge in [0.25, 0.3) is 0 Å². The van der Waals surface area contributed by atoms with Gasteiger partial charge in [-0.3, -0.25) is 4.79 Å². The Balaban J connectivity index is 1.93. The topological polar surface area (TPSA) is 38.7 Å². The average molecular weight is 229 g/mol. The molecule has 1 aromatic carbocycles. The number of benzene rings is 1. The van der Waals surface area contributed by atoms with Crippen molar-refractivity contribution in [1.82, 2.24) is 0 Å². The molecule has 0 amide bonds. The van der Waals surface area contributed by atoms with Gasteiger partial charge in [0.2, 0.25) is 0 Å². The molecule has 17 heavy (non-hydrogen) atoms. The second-order valence-corrected chi connectivity index (χ2v) is 4.82. The van der Waals surface area contributed by atoms with E-state index in [1.165, 1.54) is 5.56 Å². The van der Waals surface area contributed by atoms with Crippen LogP contribution in [0.25, 0.3) is 0 Å². The second-order valence-electron chi connectivity index (χ2n) is 4.82. The first kappa shape index (κ1) is 10.5. The fourth-order valence-corrected chi connectivity index (χ4v) is 2.59. The summed E-state index contributed by atoms with van der Waals surface area (Å²) in [6.45, 7) is 2.05. The summed E-state index contributed by atoms with van der Waals surface area (Å²) < 4.78 is 0. The van der Waals surface area contributed by atoms with Crippen LogP contribution in [0.1, 0.15) is 30.4 Å². The Morgan fingerprint density at radius 1 is 1.29 bits per heavy atom. The first-order valence-electron chi connectivity index (χ1n) is 6.09. The highest BCUT2D eigenvalue weighted by atomic mass is 16.6. The van der Waals surface area contributed by atoms with Gasteiger partial charge in [0.15, 0.2) is 0 Å². The van der Waals surface area contributed by atoms with Crippen LogP contribution < -0.4 is 0 Å². The fourth-order valence-electron chi connectivity index (χ4n) is 2.59. The summed E-state index contributed by atoms with van der Waals surface area (Å²) in [5, 5.41) is 4.13. The highest BCUT2D eigenvalue weighted by Crippen LogP contribution is 2.32. The molecule has 1 heterocycles. The molecular weight excluding hydrogens is 214 g/mol. The SMILES string of the molecule is Cc1ccc(C2=NOC3CCCC(=O)C23)cc1. The van der Waals surface area contributed by atoms with Gasteiger partial charge < -0.3 is 4.84 Å². The van der Waals surface area contributed by atoms with Gasteiger partial charge in [-0.25, -0.2) is 0 Å². The molecule has 0 N–H and O–H groups in total. The third-order valence-electron chi connectivity index (χ3n) is 3.56. The zero-order valence-corrected chi connectivity index (χ0v) is 9.85. The maximum Gasteiger partial charge on any atom is 0.145 e. The quantitative estimate of drug-likeness (QED) is 0.742. The summed E-state index contributed by atoms with van der Waals surface area (Å²) in [6, 6.07) is 8.11. The third-order valence-corrected chi connectivity index (χ3v) is 3.56. The van der Waals surface area contributed by atoms with Gasteiger partial charge >= 0.3 is 0 Å². The van der Waals surface area contributed by atoms with Gasteiger partial charge in [-0.1, -0.05) is 35.0 Å². The number of oxime groups is 1. The minimum Gasteiger partial charge on any atom is -0.391 e. The number of hydrogen-bond donors (Lipinski definition) is 0. The van der Waals surface area contributed by atoms with E-state index in [-0.39, 0.29) is 17.8 Å². The maximum absolute atomic E-state index is 12.0. The van der Waals surface area contributed by atoms with Crippen LogP contribution in [0.4, 0.5) is 0 Å². The summed E-state index contributed by atoms with van der Waals surface area (Å²) in [6.07, 6.45) is 2.51. The molecule has 1 fully saturated rings. The number of fused-ring (bicyclic) bond motifs is 1. The number of ketones is 1. The number of nitrogens with zero attached hydrogens (tertiary/aromatic N) is 1. The number of rotatable bonds is 1. The second kappa shape index (κ2) is 3.99. The molecule has 1 aliphatic carbocycles. The predicted molar refractivity (Wildman–Crippen MR) is 64.9 cm³/mol. The molecule has 0 radical (unpaired) electrons. The van der Waals surface area contributed by atoms with Crippen molar-refractivity contribution < 1.29 is 9.63 Å². The van der Waals surface area contributed by atoms with E-state index in [0.717, 1.165) is 24.1 Å². The van der Waals surface area contributed by atoms with Gasteiger partial charge in [-0.05, 0) is 19.8 Å². The van der Waals surface area contributed by atoms with E-state index in [1.54, 1.807) is 0 Å². The molecule has 0 bridgehead atoms. The maximum atomic E-state index is 12.0. The van der Waals surface area contributed by atoms with Gasteiger partial charge in [-0.2, -0.15) is 0 Å². The molecule has 0 spiro atoms. The standard InChI is InChI=1S/C14H15NO2/c1-9-5-7-10(8-6-9)14-13-11(16)3-2-4-12(13)17-15-14/h5-8,12-13H,2-4H2,1H3. The molecule has 3 nitrogen and oxygen atoms in total. The van der Waals surface area contributed by atoms with Crippen molar-refractivity contribution in [1.29, 1.82) is 0 Å². The molecule has 3 rings (SSSR count). The Kier molecular flexibility index (Phi) is 2.46.